The Hall–Kier alpha value is -1.32. The van der Waals surface area contributed by atoms with Crippen LogP contribution >= 0.6 is 34.2 Å². The van der Waals surface area contributed by atoms with Crippen molar-refractivity contribution in [3.05, 3.63) is 49.7 Å². The molecule has 1 aliphatic rings. The van der Waals surface area contributed by atoms with Gasteiger partial charge in [-0.05, 0) is 78.1 Å². The fourth-order valence-electron chi connectivity index (χ4n) is 2.53. The third-order valence-corrected chi connectivity index (χ3v) is 4.59. The smallest absolute Gasteiger partial charge is 0.148 e. The number of hydrogen-bond acceptors (Lipinski definition) is 3. The van der Waals surface area contributed by atoms with Gasteiger partial charge in [-0.15, -0.1) is 0 Å². The van der Waals surface area contributed by atoms with Gasteiger partial charge in [0.2, 0.25) is 0 Å². The average molecular weight is 410 g/mol. The molecule has 0 aliphatic heterocycles. The van der Waals surface area contributed by atoms with Gasteiger partial charge < -0.3 is 5.32 Å². The molecule has 21 heavy (non-hydrogen) atoms. The standard InChI is InChI=1S/C16H13ClIN3/c17-13-8-12(18)5-6-15(13)21-16-11(9-19)7-10-3-1-2-4-14(10)20-16/h5-8H,1-4H2,(H,20,21). The quantitative estimate of drug-likeness (QED) is 0.723. The van der Waals surface area contributed by atoms with Crippen molar-refractivity contribution in [1.29, 1.82) is 5.26 Å². The lowest BCUT2D eigenvalue weighted by Gasteiger charge is -2.17. The summed E-state index contributed by atoms with van der Waals surface area (Å²) < 4.78 is 1.07. The van der Waals surface area contributed by atoms with E-state index in [-0.39, 0.29) is 0 Å². The Labute approximate surface area is 142 Å². The van der Waals surface area contributed by atoms with Crippen LogP contribution in [0.15, 0.2) is 24.3 Å². The molecule has 1 N–H and O–H groups in total. The zero-order valence-electron chi connectivity index (χ0n) is 11.3. The molecule has 0 fully saturated rings. The van der Waals surface area contributed by atoms with E-state index in [4.69, 9.17) is 11.6 Å². The van der Waals surface area contributed by atoms with Crippen LogP contribution in [0, 0.1) is 14.9 Å². The van der Waals surface area contributed by atoms with E-state index in [1.54, 1.807) is 0 Å². The van der Waals surface area contributed by atoms with E-state index in [0.717, 1.165) is 34.2 Å². The fourth-order valence-corrected chi connectivity index (χ4v) is 3.44. The first-order valence-electron chi connectivity index (χ1n) is 6.82. The first-order chi connectivity index (χ1) is 10.2. The van der Waals surface area contributed by atoms with Crippen LogP contribution in [0.1, 0.15) is 29.7 Å². The molecule has 0 radical (unpaired) electrons. The summed E-state index contributed by atoms with van der Waals surface area (Å²) in [6.45, 7) is 0. The molecule has 0 atom stereocenters. The normalized spacial score (nSPS) is 13.4. The van der Waals surface area contributed by atoms with Crippen molar-refractivity contribution in [2.24, 2.45) is 0 Å². The minimum atomic E-state index is 0.574. The number of benzene rings is 1. The Kier molecular flexibility index (Phi) is 4.32. The van der Waals surface area contributed by atoms with E-state index in [0.29, 0.717) is 16.4 Å². The van der Waals surface area contributed by atoms with Gasteiger partial charge in [0, 0.05) is 9.26 Å². The van der Waals surface area contributed by atoms with E-state index in [1.807, 2.05) is 24.3 Å². The van der Waals surface area contributed by atoms with Crippen LogP contribution in [0.25, 0.3) is 0 Å². The van der Waals surface area contributed by atoms with Gasteiger partial charge in [0.15, 0.2) is 0 Å². The van der Waals surface area contributed by atoms with E-state index in [1.165, 1.54) is 12.0 Å². The Morgan fingerprint density at radius 1 is 1.24 bits per heavy atom. The number of nitrogens with one attached hydrogen (secondary N) is 1. The van der Waals surface area contributed by atoms with Crippen LogP contribution < -0.4 is 5.32 Å². The van der Waals surface area contributed by atoms with Gasteiger partial charge in [-0.1, -0.05) is 11.6 Å². The average Bonchev–Trinajstić information content (AvgIpc) is 2.49. The summed E-state index contributed by atoms with van der Waals surface area (Å²) in [5, 5.41) is 13.2. The molecular weight excluding hydrogens is 397 g/mol. The van der Waals surface area contributed by atoms with Crippen molar-refractivity contribution in [3.63, 3.8) is 0 Å². The zero-order valence-corrected chi connectivity index (χ0v) is 14.2. The summed E-state index contributed by atoms with van der Waals surface area (Å²) >= 11 is 8.46. The maximum atomic E-state index is 9.35. The second-order valence-electron chi connectivity index (χ2n) is 5.06. The highest BCUT2D eigenvalue weighted by Crippen LogP contribution is 2.30. The van der Waals surface area contributed by atoms with E-state index in [2.05, 4.69) is 39.0 Å². The number of pyridine rings is 1. The maximum absolute atomic E-state index is 9.35. The highest BCUT2D eigenvalue weighted by molar-refractivity contribution is 14.1. The number of aryl methyl sites for hydroxylation is 2. The molecule has 0 amide bonds. The molecule has 0 unspecified atom stereocenters. The van der Waals surface area contributed by atoms with Crippen LogP contribution in [-0.4, -0.2) is 4.98 Å². The second kappa shape index (κ2) is 6.20. The Morgan fingerprint density at radius 2 is 2.05 bits per heavy atom. The molecule has 1 heterocycles. The summed E-state index contributed by atoms with van der Waals surface area (Å²) in [5.74, 6) is 0.598. The van der Waals surface area contributed by atoms with Gasteiger partial charge in [-0.2, -0.15) is 5.26 Å². The van der Waals surface area contributed by atoms with Crippen molar-refractivity contribution < 1.29 is 0 Å². The summed E-state index contributed by atoms with van der Waals surface area (Å²) in [5.41, 5.74) is 3.66. The summed E-state index contributed by atoms with van der Waals surface area (Å²) in [4.78, 5) is 4.65. The van der Waals surface area contributed by atoms with Crippen molar-refractivity contribution in [1.82, 2.24) is 4.98 Å². The number of anilines is 2. The number of halogens is 2. The predicted molar refractivity (Wildman–Crippen MR) is 93.0 cm³/mol. The lowest BCUT2D eigenvalue weighted by Crippen LogP contribution is -2.09. The van der Waals surface area contributed by atoms with E-state index in [9.17, 15) is 5.26 Å². The van der Waals surface area contributed by atoms with Gasteiger partial charge in [0.25, 0.3) is 0 Å². The van der Waals surface area contributed by atoms with Crippen LogP contribution in [0.4, 0.5) is 11.5 Å². The van der Waals surface area contributed by atoms with E-state index >= 15 is 0 Å². The van der Waals surface area contributed by atoms with Crippen molar-refractivity contribution in [2.75, 3.05) is 5.32 Å². The Balaban J connectivity index is 1.99. The van der Waals surface area contributed by atoms with Crippen LogP contribution in [0.2, 0.25) is 5.02 Å². The van der Waals surface area contributed by atoms with Crippen molar-refractivity contribution in [3.8, 4) is 6.07 Å². The Morgan fingerprint density at radius 3 is 2.81 bits per heavy atom. The number of nitrogens with zero attached hydrogens (tertiary/aromatic N) is 2. The van der Waals surface area contributed by atoms with Crippen LogP contribution in [0.3, 0.4) is 0 Å². The maximum Gasteiger partial charge on any atom is 0.148 e. The molecule has 0 spiro atoms. The minimum Gasteiger partial charge on any atom is -0.338 e. The zero-order chi connectivity index (χ0) is 14.8. The van der Waals surface area contributed by atoms with Gasteiger partial charge in [-0.25, -0.2) is 4.98 Å². The monoisotopic (exact) mass is 409 g/mol. The topological polar surface area (TPSA) is 48.7 Å². The fraction of sp³-hybridized carbons (Fsp3) is 0.250. The van der Waals surface area contributed by atoms with E-state index < -0.39 is 0 Å². The van der Waals surface area contributed by atoms with Crippen LogP contribution in [-0.2, 0) is 12.8 Å². The minimum absolute atomic E-state index is 0.574. The molecule has 5 heteroatoms. The van der Waals surface area contributed by atoms with Gasteiger partial charge >= 0.3 is 0 Å². The number of fused-ring (bicyclic) bond motifs is 1. The van der Waals surface area contributed by atoms with Gasteiger partial charge in [0.05, 0.1) is 16.3 Å². The molecule has 0 saturated heterocycles. The molecule has 3 nitrogen and oxygen atoms in total. The molecule has 0 saturated carbocycles. The molecule has 1 aliphatic carbocycles. The first kappa shape index (κ1) is 14.6. The number of hydrogen-bond donors (Lipinski definition) is 1. The number of rotatable bonds is 2. The molecule has 2 aromatic rings. The summed E-state index contributed by atoms with van der Waals surface area (Å²) in [6, 6.07) is 9.95. The molecule has 1 aromatic heterocycles. The summed E-state index contributed by atoms with van der Waals surface area (Å²) in [6.07, 6.45) is 4.34. The van der Waals surface area contributed by atoms with Gasteiger partial charge in [-0.3, -0.25) is 0 Å². The molecule has 106 valence electrons. The second-order valence-corrected chi connectivity index (χ2v) is 6.71. The highest BCUT2D eigenvalue weighted by atomic mass is 127. The van der Waals surface area contributed by atoms with Crippen molar-refractivity contribution >= 4 is 45.7 Å². The highest BCUT2D eigenvalue weighted by Gasteiger charge is 2.15. The first-order valence-corrected chi connectivity index (χ1v) is 8.28. The third-order valence-electron chi connectivity index (χ3n) is 3.61. The van der Waals surface area contributed by atoms with Gasteiger partial charge in [0.1, 0.15) is 11.9 Å². The molecule has 0 bridgehead atoms. The van der Waals surface area contributed by atoms with Crippen LogP contribution in [0.5, 0.6) is 0 Å². The largest absolute Gasteiger partial charge is 0.338 e. The Bertz CT molecular complexity index is 737. The number of aromatic nitrogens is 1. The van der Waals surface area contributed by atoms with Crippen molar-refractivity contribution in [2.45, 2.75) is 25.7 Å². The third kappa shape index (κ3) is 3.14. The lowest BCUT2D eigenvalue weighted by molar-refractivity contribution is 0.668. The molecule has 1 aromatic carbocycles. The summed E-state index contributed by atoms with van der Waals surface area (Å²) in [7, 11) is 0. The lowest BCUT2D eigenvalue weighted by atomic mass is 9.95. The predicted octanol–water partition coefficient (Wildman–Crippen LogP) is 4.83. The number of nitriles is 1. The SMILES string of the molecule is N#Cc1cc2c(nc1Nc1ccc(I)cc1Cl)CCCC2. The molecular formula is C16H13ClIN3. The molecule has 3 rings (SSSR count).